The molecule has 1 heterocycles. The van der Waals surface area contributed by atoms with Gasteiger partial charge in [0.25, 0.3) is 0 Å². The Balaban J connectivity index is 1.73. The van der Waals surface area contributed by atoms with Crippen LogP contribution < -0.4 is 5.73 Å². The van der Waals surface area contributed by atoms with Gasteiger partial charge in [-0.1, -0.05) is 24.3 Å². The van der Waals surface area contributed by atoms with Gasteiger partial charge in [0.2, 0.25) is 0 Å². The molecule has 2 unspecified atom stereocenters. The lowest BCUT2D eigenvalue weighted by Crippen LogP contribution is -2.32. The molecule has 21 heavy (non-hydrogen) atoms. The van der Waals surface area contributed by atoms with Crippen LogP contribution in [0.5, 0.6) is 0 Å². The van der Waals surface area contributed by atoms with Gasteiger partial charge in [0.1, 0.15) is 6.04 Å². The fraction of sp³-hybridized carbons (Fsp3) is 0.562. The van der Waals surface area contributed by atoms with E-state index < -0.39 is 12.0 Å². The fourth-order valence-electron chi connectivity index (χ4n) is 2.42. The number of nitrogens with two attached hydrogens (primary N) is 1. The predicted octanol–water partition coefficient (Wildman–Crippen LogP) is 1.38. The van der Waals surface area contributed by atoms with Gasteiger partial charge >= 0.3 is 5.97 Å². The van der Waals surface area contributed by atoms with Crippen LogP contribution in [0.1, 0.15) is 24.0 Å². The summed E-state index contributed by atoms with van der Waals surface area (Å²) in [4.78, 5) is 10.7. The molecule has 1 aliphatic rings. The van der Waals surface area contributed by atoms with Gasteiger partial charge in [0, 0.05) is 0 Å². The molecule has 1 aromatic rings. The van der Waals surface area contributed by atoms with Crippen molar-refractivity contribution >= 4 is 5.97 Å². The van der Waals surface area contributed by atoms with Crippen molar-refractivity contribution in [3.63, 3.8) is 0 Å². The quantitative estimate of drug-likeness (QED) is 0.793. The van der Waals surface area contributed by atoms with Gasteiger partial charge in [-0.15, -0.1) is 0 Å². The zero-order valence-corrected chi connectivity index (χ0v) is 12.2. The maximum Gasteiger partial charge on any atom is 0.320 e. The van der Waals surface area contributed by atoms with Crippen molar-refractivity contribution in [3.8, 4) is 0 Å². The first-order chi connectivity index (χ1) is 10.1. The molecule has 0 spiro atoms. The lowest BCUT2D eigenvalue weighted by Gasteiger charge is -2.22. The van der Waals surface area contributed by atoms with Crippen LogP contribution in [-0.2, 0) is 27.1 Å². The summed E-state index contributed by atoms with van der Waals surface area (Å²) in [5.41, 5.74) is 7.73. The predicted molar refractivity (Wildman–Crippen MR) is 79.3 cm³/mol. The topological polar surface area (TPSA) is 81.8 Å². The number of carboxylic acid groups (broad SMARTS) is 1. The zero-order chi connectivity index (χ0) is 15.1. The molecule has 1 saturated heterocycles. The Labute approximate surface area is 125 Å². The highest BCUT2D eigenvalue weighted by Crippen LogP contribution is 2.13. The molecule has 0 aromatic heterocycles. The highest BCUT2D eigenvalue weighted by atomic mass is 16.6. The van der Waals surface area contributed by atoms with Gasteiger partial charge in [-0.25, -0.2) is 0 Å². The number of hydrogen-bond donors (Lipinski definition) is 2. The molecule has 1 aliphatic heterocycles. The fourth-order valence-corrected chi connectivity index (χ4v) is 2.42. The second kappa shape index (κ2) is 8.12. The molecule has 0 amide bonds. The van der Waals surface area contributed by atoms with Crippen LogP contribution >= 0.6 is 0 Å². The largest absolute Gasteiger partial charge is 0.480 e. The maximum atomic E-state index is 10.7. The summed E-state index contributed by atoms with van der Waals surface area (Å²) in [5.74, 6) is -0.964. The summed E-state index contributed by atoms with van der Waals surface area (Å²) in [6.07, 6.45) is 3.65. The van der Waals surface area contributed by atoms with E-state index in [2.05, 4.69) is 0 Å². The number of rotatable bonds is 7. The van der Waals surface area contributed by atoms with Crippen LogP contribution in [0.25, 0.3) is 0 Å². The third-order valence-corrected chi connectivity index (χ3v) is 3.67. The van der Waals surface area contributed by atoms with Crippen LogP contribution in [0.3, 0.4) is 0 Å². The summed E-state index contributed by atoms with van der Waals surface area (Å²) >= 11 is 0. The molecular weight excluding hydrogens is 270 g/mol. The second-order valence-corrected chi connectivity index (χ2v) is 5.43. The number of hydrogen-bond acceptors (Lipinski definition) is 4. The molecular formula is C16H23NO4. The van der Waals surface area contributed by atoms with E-state index in [4.69, 9.17) is 20.3 Å². The van der Waals surface area contributed by atoms with E-state index >= 15 is 0 Å². The number of aryl methyl sites for hydroxylation is 1. The van der Waals surface area contributed by atoms with Crippen molar-refractivity contribution < 1.29 is 19.4 Å². The first kappa shape index (κ1) is 15.9. The Morgan fingerprint density at radius 1 is 1.29 bits per heavy atom. The molecule has 1 aromatic carbocycles. The first-order valence-corrected chi connectivity index (χ1v) is 7.40. The summed E-state index contributed by atoms with van der Waals surface area (Å²) in [7, 11) is 0. The molecule has 2 atom stereocenters. The number of aliphatic carboxylic acids is 1. The van der Waals surface area contributed by atoms with Crippen LogP contribution in [0.4, 0.5) is 0 Å². The molecule has 3 N–H and O–H groups in total. The normalized spacial score (nSPS) is 20.1. The number of carbonyl (C=O) groups is 1. The highest BCUT2D eigenvalue weighted by molar-refractivity contribution is 5.73. The summed E-state index contributed by atoms with van der Waals surface area (Å²) in [5, 5.41) is 8.79. The van der Waals surface area contributed by atoms with Crippen molar-refractivity contribution in [2.75, 3.05) is 19.8 Å². The number of benzene rings is 1. The second-order valence-electron chi connectivity index (χ2n) is 5.43. The molecule has 0 aliphatic carbocycles. The summed E-state index contributed by atoms with van der Waals surface area (Å²) in [6, 6.07) is 7.17. The standard InChI is InChI=1S/C16H23NO4/c17-15(16(18)19)10-13-6-4-12(5-7-13)2-1-3-14-11-20-8-9-21-14/h4-7,14-15H,1-3,8-11,17H2,(H,18,19). The molecule has 116 valence electrons. The summed E-state index contributed by atoms with van der Waals surface area (Å²) < 4.78 is 11.0. The first-order valence-electron chi connectivity index (χ1n) is 7.40. The van der Waals surface area contributed by atoms with Gasteiger partial charge in [0.05, 0.1) is 25.9 Å². The van der Waals surface area contributed by atoms with Gasteiger partial charge in [-0.2, -0.15) is 0 Å². The van der Waals surface area contributed by atoms with E-state index in [0.717, 1.165) is 24.8 Å². The summed E-state index contributed by atoms with van der Waals surface area (Å²) in [6.45, 7) is 2.10. The van der Waals surface area contributed by atoms with Crippen LogP contribution in [-0.4, -0.2) is 43.0 Å². The smallest absolute Gasteiger partial charge is 0.320 e. The van der Waals surface area contributed by atoms with E-state index in [1.54, 1.807) is 0 Å². The number of ether oxygens (including phenoxy) is 2. The monoisotopic (exact) mass is 293 g/mol. The molecule has 1 fully saturated rings. The lowest BCUT2D eigenvalue weighted by molar-refractivity contribution is -0.138. The Kier molecular flexibility index (Phi) is 6.17. The minimum absolute atomic E-state index is 0.228. The van der Waals surface area contributed by atoms with Crippen LogP contribution in [0, 0.1) is 0 Å². The Morgan fingerprint density at radius 3 is 2.62 bits per heavy atom. The maximum absolute atomic E-state index is 10.7. The van der Waals surface area contributed by atoms with Crippen LogP contribution in [0.15, 0.2) is 24.3 Å². The number of carboxylic acids is 1. The third-order valence-electron chi connectivity index (χ3n) is 3.67. The van der Waals surface area contributed by atoms with E-state index in [1.807, 2.05) is 24.3 Å². The minimum atomic E-state index is -0.964. The van der Waals surface area contributed by atoms with Crippen molar-refractivity contribution in [1.29, 1.82) is 0 Å². The highest BCUT2D eigenvalue weighted by Gasteiger charge is 2.14. The zero-order valence-electron chi connectivity index (χ0n) is 12.2. The Morgan fingerprint density at radius 2 is 2.00 bits per heavy atom. The molecule has 5 heteroatoms. The lowest BCUT2D eigenvalue weighted by atomic mass is 10.0. The molecule has 0 saturated carbocycles. The third kappa shape index (κ3) is 5.46. The van der Waals surface area contributed by atoms with E-state index in [1.165, 1.54) is 5.56 Å². The van der Waals surface area contributed by atoms with E-state index in [9.17, 15) is 4.79 Å². The van der Waals surface area contributed by atoms with Crippen molar-refractivity contribution in [2.24, 2.45) is 5.73 Å². The van der Waals surface area contributed by atoms with Gasteiger partial charge in [-0.05, 0) is 36.8 Å². The van der Waals surface area contributed by atoms with Crippen LogP contribution in [0.2, 0.25) is 0 Å². The molecule has 0 radical (unpaired) electrons. The van der Waals surface area contributed by atoms with Crippen molar-refractivity contribution in [3.05, 3.63) is 35.4 Å². The van der Waals surface area contributed by atoms with Gasteiger partial charge in [-0.3, -0.25) is 4.79 Å². The average molecular weight is 293 g/mol. The van der Waals surface area contributed by atoms with E-state index in [-0.39, 0.29) is 6.10 Å². The van der Waals surface area contributed by atoms with E-state index in [0.29, 0.717) is 26.2 Å². The Bertz CT molecular complexity index is 440. The molecule has 2 rings (SSSR count). The van der Waals surface area contributed by atoms with Crippen molar-refractivity contribution in [1.82, 2.24) is 0 Å². The molecule has 0 bridgehead atoms. The average Bonchev–Trinajstić information content (AvgIpc) is 2.50. The molecule has 5 nitrogen and oxygen atoms in total. The van der Waals surface area contributed by atoms with Crippen molar-refractivity contribution in [2.45, 2.75) is 37.8 Å². The van der Waals surface area contributed by atoms with Gasteiger partial charge in [0.15, 0.2) is 0 Å². The SMILES string of the molecule is NC(Cc1ccc(CCCC2COCCO2)cc1)C(=O)O. The van der Waals surface area contributed by atoms with Gasteiger partial charge < -0.3 is 20.3 Å². The Hall–Kier alpha value is -1.43. The minimum Gasteiger partial charge on any atom is -0.480 e.